The van der Waals surface area contributed by atoms with Gasteiger partial charge in [-0.2, -0.15) is 0 Å². The first-order valence-electron chi connectivity index (χ1n) is 14.1. The quantitative estimate of drug-likeness (QED) is 0.103. The van der Waals surface area contributed by atoms with Crippen molar-refractivity contribution in [3.05, 3.63) is 0 Å². The third kappa shape index (κ3) is 7.44. The molecule has 0 spiro atoms. The molecule has 4 rings (SSSR count). The van der Waals surface area contributed by atoms with E-state index in [9.17, 15) is 71.5 Å². The summed E-state index contributed by atoms with van der Waals surface area (Å²) in [6, 6.07) is 0. The van der Waals surface area contributed by atoms with Crippen LogP contribution >= 0.6 is 0 Å². The minimum atomic E-state index is -2.05. The maximum atomic E-state index is 11.1. The zero-order valence-corrected chi connectivity index (χ0v) is 23.5. The molecule has 4 heterocycles. The maximum Gasteiger partial charge on any atom is 0.187 e. The second-order valence-electron chi connectivity index (χ2n) is 11.1. The van der Waals surface area contributed by atoms with Crippen molar-refractivity contribution in [3.63, 3.8) is 0 Å². The summed E-state index contributed by atoms with van der Waals surface area (Å²) in [6.07, 6.45) is -36.2. The van der Waals surface area contributed by atoms with Gasteiger partial charge in [-0.1, -0.05) is 0 Å². The van der Waals surface area contributed by atoms with Crippen molar-refractivity contribution in [2.24, 2.45) is 0 Å². The van der Waals surface area contributed by atoms with Gasteiger partial charge in [0, 0.05) is 0 Å². The van der Waals surface area contributed by atoms with Crippen LogP contribution in [0.3, 0.4) is 0 Å². The van der Waals surface area contributed by atoms with E-state index in [1.165, 1.54) is 0 Å². The first-order chi connectivity index (χ1) is 21.3. The number of aliphatic hydroxyl groups is 14. The maximum absolute atomic E-state index is 11.1. The molecule has 45 heavy (non-hydrogen) atoms. The van der Waals surface area contributed by atoms with Crippen molar-refractivity contribution in [2.75, 3.05) is 26.4 Å². The number of hydrogen-bond donors (Lipinski definition) is 14. The van der Waals surface area contributed by atoms with Crippen LogP contribution in [0.4, 0.5) is 0 Å². The van der Waals surface area contributed by atoms with Crippen LogP contribution in [0.15, 0.2) is 0 Å². The van der Waals surface area contributed by atoms with Gasteiger partial charge in [0.15, 0.2) is 25.2 Å². The monoisotopic (exact) mass is 666 g/mol. The Morgan fingerprint density at radius 3 is 1.31 bits per heavy atom. The summed E-state index contributed by atoms with van der Waals surface area (Å²) in [5.74, 6) is 0. The molecule has 0 unspecified atom stereocenters. The summed E-state index contributed by atoms with van der Waals surface area (Å²) in [5, 5.41) is 143. The topological polar surface area (TPSA) is 348 Å². The van der Waals surface area contributed by atoms with Crippen molar-refractivity contribution in [2.45, 2.75) is 123 Å². The van der Waals surface area contributed by atoms with Crippen LogP contribution in [-0.2, 0) is 33.2 Å². The Morgan fingerprint density at radius 1 is 0.333 bits per heavy atom. The third-order valence-electron chi connectivity index (χ3n) is 8.21. The molecule has 0 aromatic rings. The second kappa shape index (κ2) is 15.6. The Hall–Kier alpha value is -0.840. The Balaban J connectivity index is 1.58. The van der Waals surface area contributed by atoms with Crippen molar-refractivity contribution in [1.29, 1.82) is 0 Å². The summed E-state index contributed by atoms with van der Waals surface area (Å²) < 4.78 is 38.1. The molecule has 0 aromatic heterocycles. The zero-order chi connectivity index (χ0) is 33.3. The van der Waals surface area contributed by atoms with Crippen molar-refractivity contribution < 1.29 is 105 Å². The predicted molar refractivity (Wildman–Crippen MR) is 134 cm³/mol. The van der Waals surface area contributed by atoms with Gasteiger partial charge in [0.2, 0.25) is 0 Å². The molecule has 264 valence electrons. The fourth-order valence-corrected chi connectivity index (χ4v) is 5.52. The lowest BCUT2D eigenvalue weighted by molar-refractivity contribution is -0.395. The van der Waals surface area contributed by atoms with E-state index in [0.717, 1.165) is 0 Å². The van der Waals surface area contributed by atoms with E-state index in [0.29, 0.717) is 0 Å². The number of rotatable bonds is 10. The molecule has 4 aliphatic rings. The highest BCUT2D eigenvalue weighted by Gasteiger charge is 2.55. The number of ether oxygens (including phenoxy) is 7. The largest absolute Gasteiger partial charge is 0.394 e. The van der Waals surface area contributed by atoms with Gasteiger partial charge in [-0.3, -0.25) is 0 Å². The lowest BCUT2D eigenvalue weighted by atomic mass is 9.95. The van der Waals surface area contributed by atoms with Crippen LogP contribution in [-0.4, -0.2) is 221 Å². The average Bonchev–Trinajstić information content (AvgIpc) is 3.03. The van der Waals surface area contributed by atoms with Crippen molar-refractivity contribution in [1.82, 2.24) is 0 Å². The molecular formula is C24H42O21. The molecule has 21 heteroatoms. The van der Waals surface area contributed by atoms with E-state index >= 15 is 0 Å². The Morgan fingerprint density at radius 2 is 0.756 bits per heavy atom. The molecule has 0 bridgehead atoms. The molecule has 0 aromatic carbocycles. The molecule has 0 aliphatic carbocycles. The van der Waals surface area contributed by atoms with Crippen LogP contribution in [0.25, 0.3) is 0 Å². The van der Waals surface area contributed by atoms with E-state index in [1.54, 1.807) is 0 Å². The van der Waals surface area contributed by atoms with E-state index in [2.05, 4.69) is 0 Å². The number of hydrogen-bond acceptors (Lipinski definition) is 21. The predicted octanol–water partition coefficient (Wildman–Crippen LogP) is -9.75. The minimum absolute atomic E-state index is 0.831. The van der Waals surface area contributed by atoms with Crippen LogP contribution in [0.5, 0.6) is 0 Å². The molecule has 0 amide bonds. The summed E-state index contributed by atoms with van der Waals surface area (Å²) in [7, 11) is 0. The summed E-state index contributed by atoms with van der Waals surface area (Å²) >= 11 is 0. The van der Waals surface area contributed by atoms with E-state index in [-0.39, 0.29) is 0 Å². The van der Waals surface area contributed by atoms with Gasteiger partial charge >= 0.3 is 0 Å². The molecule has 0 saturated carbocycles. The first kappa shape index (κ1) is 37.0. The molecule has 0 radical (unpaired) electrons. The Bertz CT molecular complexity index is 914. The van der Waals surface area contributed by atoms with Gasteiger partial charge < -0.3 is 105 Å². The summed E-state index contributed by atoms with van der Waals surface area (Å²) in [6.45, 7) is -3.46. The van der Waals surface area contributed by atoms with Gasteiger partial charge in [-0.15, -0.1) is 0 Å². The van der Waals surface area contributed by atoms with E-state index in [4.69, 9.17) is 33.2 Å². The van der Waals surface area contributed by atoms with E-state index in [1.807, 2.05) is 0 Å². The SMILES string of the molecule is OC[C@H]1O[C@H](O[C@@H]2[C@@H](O[C@@H]3[C@H](O)[C@H](O[C@H]4[C@H](O)[C@@H](O)[C@H](O)O[C@@H]4CO)O[C@H](CO)[C@H]3O)O[C@H](CO)[C@@H](O)[C@@H]2O)[C@@H](O)[C@@H](O)[C@@H]1O. The number of aliphatic hydroxyl groups excluding tert-OH is 14. The summed E-state index contributed by atoms with van der Waals surface area (Å²) in [5.41, 5.74) is 0. The molecule has 21 nitrogen and oxygen atoms in total. The third-order valence-corrected chi connectivity index (χ3v) is 8.21. The first-order valence-corrected chi connectivity index (χ1v) is 14.1. The fraction of sp³-hybridized carbons (Fsp3) is 1.00. The zero-order valence-electron chi connectivity index (χ0n) is 23.5. The minimum Gasteiger partial charge on any atom is -0.394 e. The normalized spacial score (nSPS) is 52.9. The van der Waals surface area contributed by atoms with Gasteiger partial charge in [0.05, 0.1) is 26.4 Å². The standard InChI is InChI=1S/C24H42O21/c25-1-5-9(29)12(32)16(36)22(40-5)45-20-13(33)10(30)6(2-26)42-24(20)44-19-11(31)7(3-27)41-23(17(19)37)43-18-8(4-28)39-21(38)15(35)14(18)34/h5-38H,1-4H2/t5-,6-,7-,8-,9-,10-,11-,12+,13+,14-,15-,16+,17+,18-,19+,20+,21-,22-,23+,24-/m1/s1. The molecule has 4 saturated heterocycles. The lowest BCUT2D eigenvalue weighted by Crippen LogP contribution is -2.68. The van der Waals surface area contributed by atoms with Crippen LogP contribution in [0.1, 0.15) is 0 Å². The van der Waals surface area contributed by atoms with Crippen molar-refractivity contribution >= 4 is 0 Å². The molecule has 14 N–H and O–H groups in total. The van der Waals surface area contributed by atoms with Gasteiger partial charge in [0.25, 0.3) is 0 Å². The van der Waals surface area contributed by atoms with E-state index < -0.39 is 149 Å². The fourth-order valence-electron chi connectivity index (χ4n) is 5.52. The molecular weight excluding hydrogens is 624 g/mol. The highest BCUT2D eigenvalue weighted by atomic mass is 16.8. The van der Waals surface area contributed by atoms with Gasteiger partial charge in [-0.05, 0) is 0 Å². The van der Waals surface area contributed by atoms with Gasteiger partial charge in [0.1, 0.15) is 97.7 Å². The van der Waals surface area contributed by atoms with Crippen molar-refractivity contribution in [3.8, 4) is 0 Å². The van der Waals surface area contributed by atoms with Crippen LogP contribution in [0, 0.1) is 0 Å². The lowest BCUT2D eigenvalue weighted by Gasteiger charge is -2.49. The average molecular weight is 667 g/mol. The van der Waals surface area contributed by atoms with Gasteiger partial charge in [-0.25, -0.2) is 0 Å². The highest BCUT2D eigenvalue weighted by Crippen LogP contribution is 2.34. The summed E-state index contributed by atoms with van der Waals surface area (Å²) in [4.78, 5) is 0. The van der Waals surface area contributed by atoms with Crippen LogP contribution < -0.4 is 0 Å². The smallest absolute Gasteiger partial charge is 0.187 e. The Labute approximate surface area is 254 Å². The highest BCUT2D eigenvalue weighted by molar-refractivity contribution is 4.97. The second-order valence-corrected chi connectivity index (χ2v) is 11.1. The molecule has 4 fully saturated rings. The molecule has 4 aliphatic heterocycles. The Kier molecular flexibility index (Phi) is 12.8. The van der Waals surface area contributed by atoms with Crippen LogP contribution in [0.2, 0.25) is 0 Å². The molecule has 20 atom stereocenters.